The van der Waals surface area contributed by atoms with Gasteiger partial charge in [-0.1, -0.05) is 24.5 Å². The van der Waals surface area contributed by atoms with E-state index in [-0.39, 0.29) is 6.04 Å². The summed E-state index contributed by atoms with van der Waals surface area (Å²) < 4.78 is 10.5. The highest BCUT2D eigenvalue weighted by atomic mass is 16.5. The summed E-state index contributed by atoms with van der Waals surface area (Å²) in [5, 5.41) is 0. The van der Waals surface area contributed by atoms with Gasteiger partial charge in [0.1, 0.15) is 0 Å². The van der Waals surface area contributed by atoms with Crippen molar-refractivity contribution in [3.05, 3.63) is 11.6 Å². The molecule has 0 fully saturated rings. The summed E-state index contributed by atoms with van der Waals surface area (Å²) in [6, 6.07) is 0.269. The summed E-state index contributed by atoms with van der Waals surface area (Å²) >= 11 is 0. The molecule has 0 aromatic rings. The second kappa shape index (κ2) is 10.5. The van der Waals surface area contributed by atoms with E-state index >= 15 is 0 Å². The van der Waals surface area contributed by atoms with Crippen molar-refractivity contribution >= 4 is 0 Å². The van der Waals surface area contributed by atoms with Gasteiger partial charge in [0.05, 0.1) is 13.2 Å². The Morgan fingerprint density at radius 1 is 1.22 bits per heavy atom. The van der Waals surface area contributed by atoms with Crippen LogP contribution in [0.25, 0.3) is 0 Å². The minimum Gasteiger partial charge on any atom is -0.382 e. The van der Waals surface area contributed by atoms with Crippen molar-refractivity contribution in [2.45, 2.75) is 51.0 Å². The van der Waals surface area contributed by atoms with E-state index in [4.69, 9.17) is 15.3 Å². The molecule has 0 bridgehead atoms. The summed E-state index contributed by atoms with van der Waals surface area (Å²) in [4.78, 5) is 0. The minimum absolute atomic E-state index is 0.269. The Balaban J connectivity index is 2.29. The smallest absolute Gasteiger partial charge is 0.0700 e. The second-order valence-electron chi connectivity index (χ2n) is 4.85. The van der Waals surface area contributed by atoms with Crippen LogP contribution in [0.5, 0.6) is 0 Å². The van der Waals surface area contributed by atoms with E-state index in [1.54, 1.807) is 7.11 Å². The van der Waals surface area contributed by atoms with Crippen LogP contribution < -0.4 is 11.3 Å². The molecule has 1 rings (SSSR count). The fourth-order valence-corrected chi connectivity index (χ4v) is 2.35. The van der Waals surface area contributed by atoms with Crippen LogP contribution in [0, 0.1) is 0 Å². The van der Waals surface area contributed by atoms with Gasteiger partial charge in [0.2, 0.25) is 0 Å². The van der Waals surface area contributed by atoms with Gasteiger partial charge in [-0.15, -0.1) is 0 Å². The fraction of sp³-hybridized carbons (Fsp3) is 0.857. The molecule has 1 aliphatic rings. The zero-order valence-corrected chi connectivity index (χ0v) is 11.6. The molecule has 106 valence electrons. The van der Waals surface area contributed by atoms with Crippen LogP contribution in [0.3, 0.4) is 0 Å². The van der Waals surface area contributed by atoms with Gasteiger partial charge in [-0.2, -0.15) is 0 Å². The number of hydrogen-bond donors (Lipinski definition) is 2. The molecule has 0 aromatic carbocycles. The molecular formula is C14H28N2O2. The lowest BCUT2D eigenvalue weighted by Crippen LogP contribution is -2.37. The van der Waals surface area contributed by atoms with E-state index in [2.05, 4.69) is 11.5 Å². The van der Waals surface area contributed by atoms with Gasteiger partial charge in [-0.3, -0.25) is 11.3 Å². The molecule has 0 amide bonds. The molecular weight excluding hydrogens is 228 g/mol. The summed E-state index contributed by atoms with van der Waals surface area (Å²) in [5.41, 5.74) is 4.40. The van der Waals surface area contributed by atoms with Gasteiger partial charge in [0.15, 0.2) is 0 Å². The predicted molar refractivity (Wildman–Crippen MR) is 74.2 cm³/mol. The summed E-state index contributed by atoms with van der Waals surface area (Å²) in [6.45, 7) is 2.05. The highest BCUT2D eigenvalue weighted by Crippen LogP contribution is 2.20. The monoisotopic (exact) mass is 256 g/mol. The van der Waals surface area contributed by atoms with E-state index in [0.717, 1.165) is 13.0 Å². The molecule has 0 aromatic heterocycles. The maximum atomic E-state index is 5.66. The van der Waals surface area contributed by atoms with Gasteiger partial charge >= 0.3 is 0 Å². The highest BCUT2D eigenvalue weighted by Gasteiger charge is 2.13. The first-order valence-electron chi connectivity index (χ1n) is 7.10. The Bertz CT molecular complexity index is 232. The van der Waals surface area contributed by atoms with Crippen LogP contribution in [-0.4, -0.2) is 33.0 Å². The molecule has 0 saturated carbocycles. The van der Waals surface area contributed by atoms with Crippen LogP contribution >= 0.6 is 0 Å². The fourth-order valence-electron chi connectivity index (χ4n) is 2.35. The number of hydrazine groups is 1. The van der Waals surface area contributed by atoms with Gasteiger partial charge < -0.3 is 9.47 Å². The van der Waals surface area contributed by atoms with Crippen LogP contribution in [0.2, 0.25) is 0 Å². The van der Waals surface area contributed by atoms with E-state index in [9.17, 15) is 0 Å². The minimum atomic E-state index is 0.269. The third kappa shape index (κ3) is 6.50. The maximum Gasteiger partial charge on any atom is 0.0700 e. The van der Waals surface area contributed by atoms with Crippen molar-refractivity contribution < 1.29 is 9.47 Å². The molecule has 0 heterocycles. The first-order chi connectivity index (χ1) is 8.88. The Kier molecular flexibility index (Phi) is 9.12. The first-order valence-corrected chi connectivity index (χ1v) is 7.10. The van der Waals surface area contributed by atoms with Crippen LogP contribution in [0.15, 0.2) is 11.6 Å². The molecule has 1 unspecified atom stereocenters. The summed E-state index contributed by atoms with van der Waals surface area (Å²) in [6.07, 6.45) is 11.0. The number of nitrogens with two attached hydrogens (primary N) is 1. The number of hydrogen-bond acceptors (Lipinski definition) is 4. The van der Waals surface area contributed by atoms with E-state index in [0.29, 0.717) is 13.2 Å². The van der Waals surface area contributed by atoms with Crippen LogP contribution in [0.1, 0.15) is 44.9 Å². The van der Waals surface area contributed by atoms with Crippen LogP contribution in [-0.2, 0) is 9.47 Å². The van der Waals surface area contributed by atoms with Crippen molar-refractivity contribution in [1.82, 2.24) is 5.43 Å². The molecule has 1 atom stereocenters. The number of nitrogens with one attached hydrogen (secondary N) is 1. The Hall–Kier alpha value is -0.420. The van der Waals surface area contributed by atoms with Gasteiger partial charge in [0.25, 0.3) is 0 Å². The molecule has 0 aliphatic heterocycles. The normalized spacial score (nSPS) is 18.9. The SMILES string of the molecule is COCCOCCC(NN)C1=CCCCCCC1. The molecule has 0 saturated heterocycles. The third-order valence-corrected chi connectivity index (χ3v) is 3.46. The number of ether oxygens (including phenoxy) is 2. The van der Waals surface area contributed by atoms with Crippen molar-refractivity contribution in [1.29, 1.82) is 0 Å². The molecule has 3 N–H and O–H groups in total. The topological polar surface area (TPSA) is 56.5 Å². The van der Waals surface area contributed by atoms with E-state index in [1.807, 2.05) is 0 Å². The van der Waals surface area contributed by atoms with Gasteiger partial charge in [0, 0.05) is 19.8 Å². The van der Waals surface area contributed by atoms with Gasteiger partial charge in [-0.25, -0.2) is 0 Å². The first kappa shape index (κ1) is 15.6. The lowest BCUT2D eigenvalue weighted by Gasteiger charge is -2.21. The Morgan fingerprint density at radius 2 is 2.06 bits per heavy atom. The summed E-state index contributed by atoms with van der Waals surface area (Å²) in [7, 11) is 1.69. The van der Waals surface area contributed by atoms with Crippen molar-refractivity contribution in [3.63, 3.8) is 0 Å². The average Bonchev–Trinajstić information content (AvgIpc) is 2.35. The molecule has 4 heteroatoms. The van der Waals surface area contributed by atoms with Crippen molar-refractivity contribution in [2.75, 3.05) is 26.9 Å². The van der Waals surface area contributed by atoms with E-state index < -0.39 is 0 Å². The lowest BCUT2D eigenvalue weighted by molar-refractivity contribution is 0.0669. The number of allylic oxidation sites excluding steroid dienone is 1. The molecule has 4 nitrogen and oxygen atoms in total. The molecule has 1 aliphatic carbocycles. The van der Waals surface area contributed by atoms with Crippen molar-refractivity contribution in [3.8, 4) is 0 Å². The van der Waals surface area contributed by atoms with E-state index in [1.165, 1.54) is 44.1 Å². The van der Waals surface area contributed by atoms with Crippen LogP contribution in [0.4, 0.5) is 0 Å². The predicted octanol–water partition coefficient (Wildman–Crippen LogP) is 2.15. The number of methoxy groups -OCH3 is 1. The second-order valence-corrected chi connectivity index (χ2v) is 4.85. The zero-order chi connectivity index (χ0) is 13.1. The summed E-state index contributed by atoms with van der Waals surface area (Å²) in [5.74, 6) is 5.66. The molecule has 0 spiro atoms. The third-order valence-electron chi connectivity index (χ3n) is 3.46. The Labute approximate surface area is 111 Å². The molecule has 18 heavy (non-hydrogen) atoms. The zero-order valence-electron chi connectivity index (χ0n) is 11.6. The largest absolute Gasteiger partial charge is 0.382 e. The van der Waals surface area contributed by atoms with Crippen molar-refractivity contribution in [2.24, 2.45) is 5.84 Å². The quantitative estimate of drug-likeness (QED) is 0.302. The lowest BCUT2D eigenvalue weighted by atomic mass is 9.94. The molecule has 0 radical (unpaired) electrons. The average molecular weight is 256 g/mol. The van der Waals surface area contributed by atoms with Gasteiger partial charge in [-0.05, 0) is 32.1 Å². The Morgan fingerprint density at radius 3 is 2.83 bits per heavy atom. The highest BCUT2D eigenvalue weighted by molar-refractivity contribution is 5.11. The maximum absolute atomic E-state index is 5.66. The number of rotatable bonds is 8. The standard InChI is InChI=1S/C14H28N2O2/c1-17-11-12-18-10-9-14(16-15)13-7-5-3-2-4-6-8-13/h7,14,16H,2-6,8-12,15H2,1H3.